The number of esters is 1. The third-order valence-electron chi connectivity index (χ3n) is 6.30. The van der Waals surface area contributed by atoms with E-state index in [1.165, 1.54) is 5.56 Å². The van der Waals surface area contributed by atoms with Crippen molar-refractivity contribution < 1.29 is 23.9 Å². The number of anilines is 1. The molecule has 180 valence electrons. The van der Waals surface area contributed by atoms with E-state index in [-0.39, 0.29) is 24.7 Å². The van der Waals surface area contributed by atoms with Gasteiger partial charge >= 0.3 is 5.97 Å². The number of ether oxygens (including phenoxy) is 2. The zero-order valence-electron chi connectivity index (χ0n) is 20.2. The number of hydrogen-bond acceptors (Lipinski definition) is 5. The molecule has 0 bridgehead atoms. The van der Waals surface area contributed by atoms with Crippen LogP contribution in [0.4, 0.5) is 5.69 Å². The zero-order chi connectivity index (χ0) is 24.9. The van der Waals surface area contributed by atoms with Gasteiger partial charge in [-0.3, -0.25) is 14.4 Å². The number of rotatable bonds is 8. The molecule has 0 spiro atoms. The van der Waals surface area contributed by atoms with Crippen LogP contribution in [0.5, 0.6) is 11.5 Å². The lowest BCUT2D eigenvalue weighted by Crippen LogP contribution is -2.31. The summed E-state index contributed by atoms with van der Waals surface area (Å²) < 4.78 is 11.5. The van der Waals surface area contributed by atoms with Crippen molar-refractivity contribution in [3.8, 4) is 11.5 Å². The van der Waals surface area contributed by atoms with Crippen molar-refractivity contribution in [1.29, 1.82) is 0 Å². The molecule has 2 atom stereocenters. The summed E-state index contributed by atoms with van der Waals surface area (Å²) >= 11 is 0. The SMILES string of the molecule is CC[C@@H](OC(=O)[C@@H]1CC(=O)N(c2ccc(Oc3ccc(C)c(C)c3)cc2)C1)C(=O)c1ccccc1. The first-order valence-corrected chi connectivity index (χ1v) is 11.8. The van der Waals surface area contributed by atoms with E-state index in [1.54, 1.807) is 60.4 Å². The molecule has 1 amide bonds. The summed E-state index contributed by atoms with van der Waals surface area (Å²) in [5, 5.41) is 0. The molecule has 0 aromatic heterocycles. The van der Waals surface area contributed by atoms with Crippen molar-refractivity contribution >= 4 is 23.3 Å². The number of amides is 1. The molecule has 1 aliphatic heterocycles. The number of nitrogens with zero attached hydrogens (tertiary/aromatic N) is 1. The van der Waals surface area contributed by atoms with E-state index < -0.39 is 18.0 Å². The minimum Gasteiger partial charge on any atom is -0.457 e. The topological polar surface area (TPSA) is 72.9 Å². The van der Waals surface area contributed by atoms with Gasteiger partial charge in [-0.25, -0.2) is 0 Å². The Morgan fingerprint density at radius 3 is 2.29 bits per heavy atom. The van der Waals surface area contributed by atoms with Gasteiger partial charge in [0, 0.05) is 24.2 Å². The van der Waals surface area contributed by atoms with E-state index in [4.69, 9.17) is 9.47 Å². The van der Waals surface area contributed by atoms with Gasteiger partial charge < -0.3 is 14.4 Å². The molecule has 0 unspecified atom stereocenters. The van der Waals surface area contributed by atoms with Crippen LogP contribution in [0.3, 0.4) is 0 Å². The maximum atomic E-state index is 12.8. The predicted octanol–water partition coefficient (Wildman–Crippen LogP) is 5.65. The number of carbonyl (C=O) groups is 3. The first-order chi connectivity index (χ1) is 16.9. The molecule has 0 radical (unpaired) electrons. The highest BCUT2D eigenvalue weighted by Gasteiger charge is 2.37. The fraction of sp³-hybridized carbons (Fsp3) is 0.276. The van der Waals surface area contributed by atoms with Crippen LogP contribution >= 0.6 is 0 Å². The van der Waals surface area contributed by atoms with Crippen molar-refractivity contribution in [2.24, 2.45) is 5.92 Å². The summed E-state index contributed by atoms with van der Waals surface area (Å²) in [6.45, 7) is 6.09. The van der Waals surface area contributed by atoms with Crippen LogP contribution in [0.25, 0.3) is 0 Å². The Balaban J connectivity index is 1.38. The Kier molecular flexibility index (Phi) is 7.30. The molecule has 0 aliphatic carbocycles. The summed E-state index contributed by atoms with van der Waals surface area (Å²) in [4.78, 5) is 39.8. The third-order valence-corrected chi connectivity index (χ3v) is 6.30. The van der Waals surface area contributed by atoms with Crippen molar-refractivity contribution in [1.82, 2.24) is 0 Å². The second-order valence-corrected chi connectivity index (χ2v) is 8.81. The Morgan fingerprint density at radius 2 is 1.63 bits per heavy atom. The molecule has 0 saturated carbocycles. The van der Waals surface area contributed by atoms with Gasteiger partial charge in [0.1, 0.15) is 11.5 Å². The Hall–Kier alpha value is -3.93. The summed E-state index contributed by atoms with van der Waals surface area (Å²) in [7, 11) is 0. The first kappa shape index (κ1) is 24.2. The molecule has 3 aromatic rings. The van der Waals surface area contributed by atoms with Gasteiger partial charge in [-0.1, -0.05) is 43.3 Å². The van der Waals surface area contributed by atoms with Gasteiger partial charge in [0.15, 0.2) is 6.10 Å². The van der Waals surface area contributed by atoms with Gasteiger partial charge in [-0.05, 0) is 67.8 Å². The Labute approximate surface area is 205 Å². The van der Waals surface area contributed by atoms with Crippen LogP contribution in [0.2, 0.25) is 0 Å². The molecule has 6 heteroatoms. The smallest absolute Gasteiger partial charge is 0.312 e. The minimum absolute atomic E-state index is 0.0513. The number of Topliss-reactive ketones (excluding diaryl/α,β-unsaturated/α-hetero) is 1. The fourth-order valence-electron chi connectivity index (χ4n) is 4.07. The average Bonchev–Trinajstić information content (AvgIpc) is 3.27. The van der Waals surface area contributed by atoms with Gasteiger partial charge in [-0.2, -0.15) is 0 Å². The van der Waals surface area contributed by atoms with Crippen LogP contribution < -0.4 is 9.64 Å². The molecular formula is C29H29NO5. The van der Waals surface area contributed by atoms with Crippen molar-refractivity contribution in [2.75, 3.05) is 11.4 Å². The van der Waals surface area contributed by atoms with Crippen LogP contribution in [0.15, 0.2) is 72.8 Å². The monoisotopic (exact) mass is 471 g/mol. The normalized spacial score (nSPS) is 16.1. The Morgan fingerprint density at radius 1 is 0.943 bits per heavy atom. The van der Waals surface area contributed by atoms with E-state index in [1.807, 2.05) is 38.1 Å². The molecule has 6 nitrogen and oxygen atoms in total. The number of ketones is 1. The molecule has 0 N–H and O–H groups in total. The van der Waals surface area contributed by atoms with Crippen LogP contribution in [0, 0.1) is 19.8 Å². The number of carbonyl (C=O) groups excluding carboxylic acids is 3. The molecule has 1 aliphatic rings. The van der Waals surface area contributed by atoms with Crippen molar-refractivity contribution in [3.63, 3.8) is 0 Å². The third kappa shape index (κ3) is 5.60. The van der Waals surface area contributed by atoms with Gasteiger partial charge in [0.05, 0.1) is 5.92 Å². The van der Waals surface area contributed by atoms with Crippen molar-refractivity contribution in [3.05, 3.63) is 89.5 Å². The van der Waals surface area contributed by atoms with Gasteiger partial charge in [0.25, 0.3) is 0 Å². The standard InChI is InChI=1S/C29H29NO5/c1-4-26(28(32)21-8-6-5-7-9-21)35-29(33)22-17-27(31)30(18-22)23-11-14-24(15-12-23)34-25-13-10-19(2)20(3)16-25/h5-16,22,26H,4,17-18H2,1-3H3/t22-,26-/m1/s1. The quantitative estimate of drug-likeness (QED) is 0.313. The minimum atomic E-state index is -0.865. The average molecular weight is 472 g/mol. The van der Waals surface area contributed by atoms with E-state index in [9.17, 15) is 14.4 Å². The highest BCUT2D eigenvalue weighted by Crippen LogP contribution is 2.30. The summed E-state index contributed by atoms with van der Waals surface area (Å²) in [5.74, 6) is -0.126. The molecular weight excluding hydrogens is 442 g/mol. The van der Waals surface area contributed by atoms with E-state index >= 15 is 0 Å². The highest BCUT2D eigenvalue weighted by atomic mass is 16.5. The number of hydrogen-bond donors (Lipinski definition) is 0. The molecule has 4 rings (SSSR count). The fourth-order valence-corrected chi connectivity index (χ4v) is 4.07. The van der Waals surface area contributed by atoms with Crippen LogP contribution in [-0.2, 0) is 14.3 Å². The van der Waals surface area contributed by atoms with E-state index in [0.717, 1.165) is 11.3 Å². The lowest BCUT2D eigenvalue weighted by molar-refractivity contribution is -0.151. The van der Waals surface area contributed by atoms with Crippen LogP contribution in [0.1, 0.15) is 41.3 Å². The van der Waals surface area contributed by atoms with E-state index in [0.29, 0.717) is 23.4 Å². The molecule has 1 saturated heterocycles. The molecule has 35 heavy (non-hydrogen) atoms. The second-order valence-electron chi connectivity index (χ2n) is 8.81. The second kappa shape index (κ2) is 10.6. The Bertz CT molecular complexity index is 1220. The molecule has 3 aromatic carbocycles. The lowest BCUT2D eigenvalue weighted by atomic mass is 10.0. The maximum Gasteiger partial charge on any atom is 0.312 e. The highest BCUT2D eigenvalue weighted by molar-refractivity contribution is 6.02. The molecule has 1 heterocycles. The molecule has 1 fully saturated rings. The predicted molar refractivity (Wildman–Crippen MR) is 134 cm³/mol. The number of aryl methyl sites for hydroxylation is 2. The first-order valence-electron chi connectivity index (χ1n) is 11.8. The van der Waals surface area contributed by atoms with Gasteiger partial charge in [0.2, 0.25) is 11.7 Å². The summed E-state index contributed by atoms with van der Waals surface area (Å²) in [6.07, 6.45) is -0.447. The zero-order valence-corrected chi connectivity index (χ0v) is 20.2. The van der Waals surface area contributed by atoms with Gasteiger partial charge in [-0.15, -0.1) is 0 Å². The summed E-state index contributed by atoms with van der Waals surface area (Å²) in [6, 6.07) is 21.9. The lowest BCUT2D eigenvalue weighted by Gasteiger charge is -2.19. The number of benzene rings is 3. The van der Waals surface area contributed by atoms with E-state index in [2.05, 4.69) is 0 Å². The van der Waals surface area contributed by atoms with Crippen molar-refractivity contribution in [2.45, 2.75) is 39.7 Å². The maximum absolute atomic E-state index is 12.8. The van der Waals surface area contributed by atoms with Crippen LogP contribution in [-0.4, -0.2) is 30.3 Å². The largest absolute Gasteiger partial charge is 0.457 e. The summed E-state index contributed by atoms with van der Waals surface area (Å²) in [5.41, 5.74) is 3.53.